The second-order valence-electron chi connectivity index (χ2n) is 6.31. The van der Waals surface area contributed by atoms with E-state index in [1.54, 1.807) is 0 Å². The molecule has 0 amide bonds. The minimum atomic E-state index is 0.330. The fourth-order valence-corrected chi connectivity index (χ4v) is 3.66. The fraction of sp³-hybridized carbons (Fsp3) is 0.579. The van der Waals surface area contributed by atoms with Crippen molar-refractivity contribution in [2.24, 2.45) is 5.92 Å². The first-order valence-electron chi connectivity index (χ1n) is 8.30. The Morgan fingerprint density at radius 3 is 2.45 bits per heavy atom. The van der Waals surface area contributed by atoms with Crippen LogP contribution in [0.4, 0.5) is 0 Å². The van der Waals surface area contributed by atoms with Gasteiger partial charge in [0.2, 0.25) is 0 Å². The van der Waals surface area contributed by atoms with Gasteiger partial charge in [0.25, 0.3) is 0 Å². The SMILES string of the molecule is C(=C\[C@H]1CCC[C@@H](C2CCCCC2)O1)/c1ccccc1. The summed E-state index contributed by atoms with van der Waals surface area (Å²) in [6.45, 7) is 0. The minimum Gasteiger partial charge on any atom is -0.371 e. The molecule has 1 aliphatic heterocycles. The summed E-state index contributed by atoms with van der Waals surface area (Å²) >= 11 is 0. The average molecular weight is 270 g/mol. The highest BCUT2D eigenvalue weighted by Crippen LogP contribution is 2.34. The number of rotatable bonds is 3. The quantitative estimate of drug-likeness (QED) is 0.732. The molecule has 1 aromatic rings. The largest absolute Gasteiger partial charge is 0.371 e. The summed E-state index contributed by atoms with van der Waals surface area (Å²) in [5, 5.41) is 0. The van der Waals surface area contributed by atoms with Crippen LogP contribution in [0, 0.1) is 5.92 Å². The summed E-state index contributed by atoms with van der Waals surface area (Å²) < 4.78 is 6.36. The van der Waals surface area contributed by atoms with Gasteiger partial charge in [-0.2, -0.15) is 0 Å². The average Bonchev–Trinajstić information content (AvgIpc) is 2.55. The molecule has 3 rings (SSSR count). The van der Waals surface area contributed by atoms with Gasteiger partial charge in [-0.05, 0) is 43.6 Å². The van der Waals surface area contributed by atoms with Crippen molar-refractivity contribution in [3.05, 3.63) is 42.0 Å². The Morgan fingerprint density at radius 1 is 0.850 bits per heavy atom. The van der Waals surface area contributed by atoms with E-state index in [-0.39, 0.29) is 0 Å². The molecule has 20 heavy (non-hydrogen) atoms. The van der Waals surface area contributed by atoms with Gasteiger partial charge in [0.05, 0.1) is 12.2 Å². The van der Waals surface area contributed by atoms with E-state index in [4.69, 9.17) is 4.74 Å². The summed E-state index contributed by atoms with van der Waals surface area (Å²) in [6.07, 6.45) is 16.2. The molecule has 1 saturated carbocycles. The molecule has 1 nitrogen and oxygen atoms in total. The van der Waals surface area contributed by atoms with Crippen LogP contribution in [0.15, 0.2) is 36.4 Å². The molecule has 0 N–H and O–H groups in total. The Bertz CT molecular complexity index is 417. The first-order chi connectivity index (χ1) is 9.92. The lowest BCUT2D eigenvalue weighted by Gasteiger charge is -2.36. The van der Waals surface area contributed by atoms with Crippen molar-refractivity contribution < 1.29 is 4.74 Å². The lowest BCUT2D eigenvalue weighted by atomic mass is 9.82. The molecule has 2 fully saturated rings. The zero-order chi connectivity index (χ0) is 13.6. The van der Waals surface area contributed by atoms with Crippen molar-refractivity contribution in [2.45, 2.75) is 63.6 Å². The van der Waals surface area contributed by atoms with E-state index in [0.29, 0.717) is 12.2 Å². The number of benzene rings is 1. The third-order valence-electron chi connectivity index (χ3n) is 4.81. The van der Waals surface area contributed by atoms with Gasteiger partial charge in [-0.25, -0.2) is 0 Å². The van der Waals surface area contributed by atoms with Crippen LogP contribution in [0.1, 0.15) is 56.9 Å². The van der Waals surface area contributed by atoms with Crippen LogP contribution in [0.5, 0.6) is 0 Å². The molecular weight excluding hydrogens is 244 g/mol. The number of hydrogen-bond donors (Lipinski definition) is 0. The molecule has 1 aromatic carbocycles. The van der Waals surface area contributed by atoms with Gasteiger partial charge in [-0.1, -0.05) is 61.7 Å². The Hall–Kier alpha value is -1.08. The standard InChI is InChI=1S/C19H26O/c1-3-8-16(9-4-1)14-15-18-12-7-13-19(20-18)17-10-5-2-6-11-17/h1,3-4,8-9,14-15,17-19H,2,5-7,10-13H2/b15-14+/t18-,19+/m1/s1. The van der Waals surface area contributed by atoms with E-state index in [1.807, 2.05) is 0 Å². The van der Waals surface area contributed by atoms with Crippen LogP contribution < -0.4 is 0 Å². The predicted octanol–water partition coefficient (Wildman–Crippen LogP) is 5.22. The van der Waals surface area contributed by atoms with E-state index < -0.39 is 0 Å². The van der Waals surface area contributed by atoms with E-state index >= 15 is 0 Å². The van der Waals surface area contributed by atoms with Gasteiger partial charge in [0, 0.05) is 0 Å². The van der Waals surface area contributed by atoms with Crippen molar-refractivity contribution in [1.82, 2.24) is 0 Å². The second-order valence-corrected chi connectivity index (χ2v) is 6.31. The molecule has 108 valence electrons. The zero-order valence-electron chi connectivity index (χ0n) is 12.3. The van der Waals surface area contributed by atoms with E-state index in [0.717, 1.165) is 5.92 Å². The zero-order valence-corrected chi connectivity index (χ0v) is 12.3. The van der Waals surface area contributed by atoms with Crippen LogP contribution in [0.3, 0.4) is 0 Å². The molecule has 0 aromatic heterocycles. The van der Waals surface area contributed by atoms with E-state index in [1.165, 1.54) is 56.9 Å². The maximum Gasteiger partial charge on any atom is 0.0763 e. The highest BCUT2D eigenvalue weighted by molar-refractivity contribution is 5.49. The van der Waals surface area contributed by atoms with Crippen LogP contribution in [0.2, 0.25) is 0 Å². The van der Waals surface area contributed by atoms with E-state index in [2.05, 4.69) is 42.5 Å². The maximum atomic E-state index is 6.36. The van der Waals surface area contributed by atoms with Gasteiger partial charge in [0.1, 0.15) is 0 Å². The summed E-state index contributed by atoms with van der Waals surface area (Å²) in [7, 11) is 0. The molecule has 2 atom stereocenters. The lowest BCUT2D eigenvalue weighted by molar-refractivity contribution is -0.0632. The summed E-state index contributed by atoms with van der Waals surface area (Å²) in [6, 6.07) is 10.5. The Kier molecular flexibility index (Phi) is 4.91. The smallest absolute Gasteiger partial charge is 0.0763 e. The fourth-order valence-electron chi connectivity index (χ4n) is 3.66. The van der Waals surface area contributed by atoms with Gasteiger partial charge in [0.15, 0.2) is 0 Å². The molecule has 1 saturated heterocycles. The van der Waals surface area contributed by atoms with Gasteiger partial charge < -0.3 is 4.74 Å². The lowest BCUT2D eigenvalue weighted by Crippen LogP contribution is -2.33. The van der Waals surface area contributed by atoms with Gasteiger partial charge >= 0.3 is 0 Å². The third kappa shape index (κ3) is 3.73. The van der Waals surface area contributed by atoms with Crippen molar-refractivity contribution >= 4 is 6.08 Å². The summed E-state index contributed by atoms with van der Waals surface area (Å²) in [5.74, 6) is 0.830. The first kappa shape index (κ1) is 13.9. The first-order valence-corrected chi connectivity index (χ1v) is 8.30. The second kappa shape index (κ2) is 7.08. The highest BCUT2D eigenvalue weighted by atomic mass is 16.5. The van der Waals surface area contributed by atoms with E-state index in [9.17, 15) is 0 Å². The predicted molar refractivity (Wildman–Crippen MR) is 84.6 cm³/mol. The molecule has 1 aliphatic carbocycles. The normalized spacial score (nSPS) is 28.8. The minimum absolute atomic E-state index is 0.330. The van der Waals surface area contributed by atoms with Crippen molar-refractivity contribution in [3.8, 4) is 0 Å². The number of ether oxygens (including phenoxy) is 1. The van der Waals surface area contributed by atoms with Crippen LogP contribution >= 0.6 is 0 Å². The Morgan fingerprint density at radius 2 is 1.65 bits per heavy atom. The van der Waals surface area contributed by atoms with Gasteiger partial charge in [-0.15, -0.1) is 0 Å². The van der Waals surface area contributed by atoms with Crippen molar-refractivity contribution in [2.75, 3.05) is 0 Å². The van der Waals surface area contributed by atoms with Crippen molar-refractivity contribution in [1.29, 1.82) is 0 Å². The van der Waals surface area contributed by atoms with Gasteiger partial charge in [-0.3, -0.25) is 0 Å². The Labute approximate surface area is 123 Å². The monoisotopic (exact) mass is 270 g/mol. The van der Waals surface area contributed by atoms with Crippen LogP contribution in [-0.4, -0.2) is 12.2 Å². The molecule has 0 radical (unpaired) electrons. The van der Waals surface area contributed by atoms with Crippen molar-refractivity contribution in [3.63, 3.8) is 0 Å². The van der Waals surface area contributed by atoms with Crippen LogP contribution in [-0.2, 0) is 4.74 Å². The highest BCUT2D eigenvalue weighted by Gasteiger charge is 2.28. The third-order valence-corrected chi connectivity index (χ3v) is 4.81. The molecule has 0 bridgehead atoms. The molecule has 0 spiro atoms. The number of hydrogen-bond acceptors (Lipinski definition) is 1. The molecule has 1 heterocycles. The molecule has 2 aliphatic rings. The molecular formula is C19H26O. The molecule has 0 unspecified atom stereocenters. The van der Waals surface area contributed by atoms with Crippen LogP contribution in [0.25, 0.3) is 6.08 Å². The topological polar surface area (TPSA) is 9.23 Å². The Balaban J connectivity index is 1.56. The summed E-state index contributed by atoms with van der Waals surface area (Å²) in [4.78, 5) is 0. The maximum absolute atomic E-state index is 6.36. The molecule has 1 heteroatoms. The summed E-state index contributed by atoms with van der Waals surface area (Å²) in [5.41, 5.74) is 1.27.